The highest BCUT2D eigenvalue weighted by molar-refractivity contribution is 6.34. The molecule has 9 heteroatoms. The second-order valence-electron chi connectivity index (χ2n) is 7.43. The lowest BCUT2D eigenvalue weighted by Crippen LogP contribution is -2.12. The monoisotopic (exact) mass is 503 g/mol. The van der Waals surface area contributed by atoms with Crippen LogP contribution in [0.1, 0.15) is 10.4 Å². The maximum Gasteiger partial charge on any atom is 0.348 e. The fraction of sp³-hybridized carbons (Fsp3) is 0.0385. The number of hydrogen-bond donors (Lipinski definition) is 1. The van der Waals surface area contributed by atoms with E-state index >= 15 is 0 Å². The van der Waals surface area contributed by atoms with Gasteiger partial charge in [0.2, 0.25) is 0 Å². The Morgan fingerprint density at radius 1 is 0.743 bits per heavy atom. The molecule has 4 aromatic rings. The third-order valence-electron chi connectivity index (χ3n) is 5.20. The Kier molecular flexibility index (Phi) is 6.75. The number of ether oxygens (including phenoxy) is 1. The largest absolute Gasteiger partial charge is 0.423 e. The van der Waals surface area contributed by atoms with E-state index in [-0.39, 0.29) is 21.9 Å². The van der Waals surface area contributed by atoms with Gasteiger partial charge in [-0.1, -0.05) is 23.7 Å². The number of nitrogens with one attached hydrogen (secondary N) is 1. The molecule has 0 aliphatic carbocycles. The lowest BCUT2D eigenvalue weighted by Gasteiger charge is -2.11. The molecule has 4 aromatic carbocycles. The first-order valence-corrected chi connectivity index (χ1v) is 10.5. The van der Waals surface area contributed by atoms with Crippen molar-refractivity contribution in [2.75, 3.05) is 12.4 Å². The van der Waals surface area contributed by atoms with Gasteiger partial charge in [-0.3, -0.25) is 0 Å². The summed E-state index contributed by atoms with van der Waals surface area (Å²) < 4.78 is 74.6. The van der Waals surface area contributed by atoms with Crippen LogP contribution < -0.4 is 10.1 Å². The summed E-state index contributed by atoms with van der Waals surface area (Å²) in [6.07, 6.45) is 0. The summed E-state index contributed by atoms with van der Waals surface area (Å²) in [4.78, 5) is 12.6. The van der Waals surface area contributed by atoms with Crippen molar-refractivity contribution in [3.05, 3.63) is 106 Å². The molecular formula is C26H15ClF5NO2. The molecule has 0 heterocycles. The van der Waals surface area contributed by atoms with Crippen LogP contribution in [0.25, 0.3) is 22.3 Å². The van der Waals surface area contributed by atoms with Gasteiger partial charge in [0, 0.05) is 24.4 Å². The molecule has 0 aliphatic heterocycles. The number of halogens is 6. The quantitative estimate of drug-likeness (QED) is 0.132. The smallest absolute Gasteiger partial charge is 0.348 e. The van der Waals surface area contributed by atoms with Crippen molar-refractivity contribution in [2.24, 2.45) is 0 Å². The summed E-state index contributed by atoms with van der Waals surface area (Å²) in [7, 11) is 1.76. The average molecular weight is 504 g/mol. The van der Waals surface area contributed by atoms with Gasteiger partial charge in [-0.15, -0.1) is 0 Å². The van der Waals surface area contributed by atoms with Crippen LogP contribution >= 0.6 is 11.6 Å². The Morgan fingerprint density at radius 3 is 1.94 bits per heavy atom. The van der Waals surface area contributed by atoms with Crippen molar-refractivity contribution in [3.63, 3.8) is 0 Å². The minimum Gasteiger partial charge on any atom is -0.423 e. The molecule has 0 radical (unpaired) electrons. The molecule has 0 spiro atoms. The molecule has 35 heavy (non-hydrogen) atoms. The fourth-order valence-corrected chi connectivity index (χ4v) is 3.71. The Morgan fingerprint density at radius 2 is 1.37 bits per heavy atom. The summed E-state index contributed by atoms with van der Waals surface area (Å²) in [5.41, 5.74) is 0.879. The lowest BCUT2D eigenvalue weighted by atomic mass is 10.0. The normalized spacial score (nSPS) is 10.8. The van der Waals surface area contributed by atoms with E-state index in [1.165, 1.54) is 6.07 Å². The van der Waals surface area contributed by atoms with Gasteiger partial charge in [-0.2, -0.15) is 0 Å². The highest BCUT2D eigenvalue weighted by atomic mass is 35.5. The van der Waals surface area contributed by atoms with Crippen molar-refractivity contribution in [1.82, 2.24) is 0 Å². The van der Waals surface area contributed by atoms with E-state index in [4.69, 9.17) is 16.3 Å². The number of rotatable bonds is 5. The zero-order valence-corrected chi connectivity index (χ0v) is 18.7. The zero-order valence-electron chi connectivity index (χ0n) is 17.9. The van der Waals surface area contributed by atoms with Gasteiger partial charge in [0.05, 0.1) is 5.02 Å². The van der Waals surface area contributed by atoms with E-state index in [0.29, 0.717) is 23.3 Å². The molecule has 1 N–H and O–H groups in total. The van der Waals surface area contributed by atoms with Crippen LogP contribution in [0.3, 0.4) is 0 Å². The van der Waals surface area contributed by atoms with Crippen LogP contribution in [0.5, 0.6) is 5.75 Å². The number of carbonyl (C=O) groups excluding carboxylic acids is 1. The first kappa shape index (κ1) is 24.2. The van der Waals surface area contributed by atoms with Gasteiger partial charge in [0.25, 0.3) is 0 Å². The van der Waals surface area contributed by atoms with E-state index in [0.717, 1.165) is 30.0 Å². The molecule has 0 bridgehead atoms. The summed E-state index contributed by atoms with van der Waals surface area (Å²) in [6, 6.07) is 13.9. The molecular weight excluding hydrogens is 489 g/mol. The summed E-state index contributed by atoms with van der Waals surface area (Å²) in [5, 5.41) is 2.75. The second kappa shape index (κ2) is 9.76. The standard InChI is InChI=1S/C26H15ClF5NO2/c1-33-16-4-2-13(3-5-16)14-8-19(27)24(21(29)9-14)26(34)35-17-6-7-18(20(28)12-17)15-10-22(30)25(32)23(31)11-15/h2-12,33H,1H3. The van der Waals surface area contributed by atoms with Crippen LogP contribution in [0.2, 0.25) is 5.02 Å². The van der Waals surface area contributed by atoms with Crippen LogP contribution in [-0.4, -0.2) is 13.0 Å². The molecule has 4 rings (SSSR count). The van der Waals surface area contributed by atoms with Gasteiger partial charge in [0.15, 0.2) is 17.5 Å². The Hall–Kier alpha value is -3.91. The number of carbonyl (C=O) groups is 1. The Bertz CT molecular complexity index is 1390. The van der Waals surface area contributed by atoms with Gasteiger partial charge < -0.3 is 10.1 Å². The zero-order chi connectivity index (χ0) is 25.3. The average Bonchev–Trinajstić information content (AvgIpc) is 2.82. The number of hydrogen-bond acceptors (Lipinski definition) is 3. The van der Waals surface area contributed by atoms with Gasteiger partial charge >= 0.3 is 5.97 Å². The highest BCUT2D eigenvalue weighted by Gasteiger charge is 2.21. The third kappa shape index (κ3) is 4.97. The molecule has 0 fully saturated rings. The topological polar surface area (TPSA) is 38.3 Å². The number of esters is 1. The van der Waals surface area contributed by atoms with Crippen LogP contribution in [-0.2, 0) is 0 Å². The second-order valence-corrected chi connectivity index (χ2v) is 7.83. The van der Waals surface area contributed by atoms with E-state index in [1.807, 2.05) is 0 Å². The summed E-state index contributed by atoms with van der Waals surface area (Å²) >= 11 is 6.15. The van der Waals surface area contributed by atoms with Crippen molar-refractivity contribution < 1.29 is 31.5 Å². The van der Waals surface area contributed by atoms with Crippen LogP contribution in [0, 0.1) is 29.1 Å². The first-order valence-electron chi connectivity index (χ1n) is 10.1. The fourth-order valence-electron chi connectivity index (χ4n) is 3.43. The van der Waals surface area contributed by atoms with Gasteiger partial charge in [0.1, 0.15) is 22.9 Å². The molecule has 0 saturated carbocycles. The predicted molar refractivity (Wildman–Crippen MR) is 123 cm³/mol. The van der Waals surface area contributed by atoms with Crippen molar-refractivity contribution in [2.45, 2.75) is 0 Å². The van der Waals surface area contributed by atoms with E-state index in [2.05, 4.69) is 5.32 Å². The van der Waals surface area contributed by atoms with Crippen LogP contribution in [0.4, 0.5) is 27.6 Å². The van der Waals surface area contributed by atoms with E-state index in [1.54, 1.807) is 31.3 Å². The molecule has 0 aromatic heterocycles. The van der Waals surface area contributed by atoms with Gasteiger partial charge in [-0.25, -0.2) is 26.7 Å². The molecule has 0 amide bonds. The molecule has 0 aliphatic rings. The maximum absolute atomic E-state index is 14.8. The van der Waals surface area contributed by atoms with Crippen LogP contribution in [0.15, 0.2) is 66.7 Å². The highest BCUT2D eigenvalue weighted by Crippen LogP contribution is 2.32. The predicted octanol–water partition coefficient (Wildman–Crippen LogP) is 7.63. The third-order valence-corrected chi connectivity index (χ3v) is 5.50. The van der Waals surface area contributed by atoms with Crippen molar-refractivity contribution in [1.29, 1.82) is 0 Å². The van der Waals surface area contributed by atoms with Gasteiger partial charge in [-0.05, 0) is 65.2 Å². The minimum absolute atomic E-state index is 0.211. The van der Waals surface area contributed by atoms with Crippen molar-refractivity contribution >= 4 is 23.3 Å². The summed E-state index contributed by atoms with van der Waals surface area (Å²) in [5.74, 6) is -8.07. The van der Waals surface area contributed by atoms with E-state index in [9.17, 15) is 26.7 Å². The molecule has 0 atom stereocenters. The first-order chi connectivity index (χ1) is 16.7. The Balaban J connectivity index is 1.58. The number of benzene rings is 4. The molecule has 0 saturated heterocycles. The van der Waals surface area contributed by atoms with E-state index < -0.39 is 40.6 Å². The minimum atomic E-state index is -1.68. The molecule has 178 valence electrons. The SMILES string of the molecule is CNc1ccc(-c2cc(F)c(C(=O)Oc3ccc(-c4cc(F)c(F)c(F)c4)c(F)c3)c(Cl)c2)cc1. The molecule has 0 unspecified atom stereocenters. The lowest BCUT2D eigenvalue weighted by molar-refractivity contribution is 0.0730. The summed E-state index contributed by atoms with van der Waals surface area (Å²) in [6.45, 7) is 0. The molecule has 3 nitrogen and oxygen atoms in total. The Labute approximate surface area is 201 Å². The number of anilines is 1. The van der Waals surface area contributed by atoms with Crippen molar-refractivity contribution in [3.8, 4) is 28.0 Å². The maximum atomic E-state index is 14.8.